The van der Waals surface area contributed by atoms with E-state index in [1.165, 1.54) is 132 Å². The molecule has 0 fully saturated rings. The number of alkyl halides is 12. The van der Waals surface area contributed by atoms with Gasteiger partial charge in [-0.25, -0.2) is 34.9 Å². The molecule has 0 spiro atoms. The van der Waals surface area contributed by atoms with Crippen molar-refractivity contribution < 1.29 is 143 Å². The van der Waals surface area contributed by atoms with Crippen molar-refractivity contribution >= 4 is 206 Å². The van der Waals surface area contributed by atoms with Crippen molar-refractivity contribution in [2.75, 3.05) is 39.0 Å². The molecule has 40 nitrogen and oxygen atoms in total. The molecule has 720 valence electrons. The van der Waals surface area contributed by atoms with E-state index in [2.05, 4.69) is 163 Å². The van der Waals surface area contributed by atoms with Gasteiger partial charge in [0.2, 0.25) is 35.7 Å². The number of imidazole rings is 6. The Morgan fingerprint density at radius 2 is 0.695 bits per heavy atom. The summed E-state index contributed by atoms with van der Waals surface area (Å²) in [7, 11) is 1.53. The minimum absolute atomic E-state index is 0.0858. The fraction of sp³-hybridized carbons (Fsp3) is 0.0964. The summed E-state index contributed by atoms with van der Waals surface area (Å²) in [6.07, 6.45) is -22.1. The second kappa shape index (κ2) is 36.1. The van der Waals surface area contributed by atoms with Crippen LogP contribution in [0.2, 0.25) is 15.1 Å². The minimum Gasteiger partial charge on any atom is -0.497 e. The van der Waals surface area contributed by atoms with Gasteiger partial charge in [0.1, 0.15) is 16.3 Å². The summed E-state index contributed by atoms with van der Waals surface area (Å²) < 4.78 is 217. The van der Waals surface area contributed by atoms with E-state index in [0.29, 0.717) is 109 Å². The predicted octanol–water partition coefficient (Wildman–Crippen LogP) is 19.5. The maximum absolute atomic E-state index is 13.0. The fourth-order valence-corrected chi connectivity index (χ4v) is 15.7. The SMILES string of the molecule is COc1ccc(C(=O)Nc2nc3cc4c(cc3[nH]2)OC(F)(F)O4)cc1.Cc1nnsc1C(=O)Nc1nc2cc3c(cc2[nH]1)OC(F)(F)O3.O=C(Nc1nc2cc3c(cc2[nH]1)OC(F)(F)O3)c1ccc(Cl)cc1Cl.O=C(Nc1nc2cc3c(cc2[nH]1)OC(F)(F)O3)c1cccc(Cl)c1.O=C(Nc1nc2cc3c(cc2[nH]1)OC(F)(F)O3)c1cccs1.O=C(Nc1nc2cc3c(cc2[nH]1)OC(F)(F)O3)c1cscn1. The van der Waals surface area contributed by atoms with Crippen molar-refractivity contribution in [2.24, 2.45) is 0 Å². The maximum Gasteiger partial charge on any atom is 0.586 e. The molecule has 18 aromatic rings. The van der Waals surface area contributed by atoms with Crippen LogP contribution in [0.15, 0.2) is 168 Å². The number of amides is 6. The maximum atomic E-state index is 13.0. The Labute approximate surface area is 798 Å². The molecule has 0 radical (unpaired) electrons. The predicted molar refractivity (Wildman–Crippen MR) is 473 cm³/mol. The number of aromatic amines is 6. The molecule has 0 atom stereocenters. The first-order chi connectivity index (χ1) is 67.0. The molecule has 6 aliphatic heterocycles. The Bertz CT molecular complexity index is 7640. The van der Waals surface area contributed by atoms with E-state index in [1.807, 2.05) is 0 Å². The standard InChI is InChI=1S/C16H11F2N3O4.C15H7Cl2F2N3O3.C15H8ClF2N3O3.C13H7F2N3O3S.C12H7F2N5O3S.C12H6F2N4O3S/c1-23-9-4-2-8(3-5-9)14(22)21-15-19-10-6-12-13(7-11(10)20-15)25-16(17,18)24-12;16-6-1-2-7(8(17)3-6)13(23)22-14-20-9-4-11-12(5-10(9)21-14)25-15(18,19)24-11;16-8-3-1-2-7(4-8)13(22)21-14-19-9-5-11-12(6-10(9)20-14)24-15(17,18)23-11;14-13(15)20-8-4-6-7(5-9(8)21-13)17-12(16-6)18-11(19)10-2-1-3-22-10;1-4-9(23-19-18-4)10(20)17-11-15-5-2-7-8(3-6(5)16-11)22-12(13,14)21-7;13-12(14)20-8-1-5-6(2-9(8)21-12)17-11(16-5)18-10(19)7-3-22-4-15-7/h2-7H,1H3,(H2,19,20,21,22);1-5H,(H2,20,21,22,23);1-6H,(H2,19,20,21,22);1-5H,(H2,16,17,18,19);2-3H,1H3,(H2,15,16,17,20);1-4H,(H2,16,17,18,19). The molecule has 12 N–H and O–H groups in total. The summed E-state index contributed by atoms with van der Waals surface area (Å²) in [5.41, 5.74) is 7.88. The third-order valence-corrected chi connectivity index (χ3v) is 22.4. The van der Waals surface area contributed by atoms with Crippen LogP contribution in [0.25, 0.3) is 66.2 Å². The molecule has 0 unspecified atom stereocenters. The van der Waals surface area contributed by atoms with Gasteiger partial charge in [-0.1, -0.05) is 51.4 Å². The zero-order valence-electron chi connectivity index (χ0n) is 69.3. The monoisotopic (exact) mass is 2070 g/mol. The summed E-state index contributed by atoms with van der Waals surface area (Å²) in [6, 6.07) is 36.6. The van der Waals surface area contributed by atoms with Crippen molar-refractivity contribution in [2.45, 2.75) is 44.7 Å². The lowest BCUT2D eigenvalue weighted by atomic mass is 10.2. The van der Waals surface area contributed by atoms with Crippen LogP contribution in [0.3, 0.4) is 0 Å². The molecular weight excluding hydrogens is 2030 g/mol. The fourth-order valence-electron chi connectivity index (χ4n) is 13.3. The molecule has 9 aromatic heterocycles. The first-order valence-corrected chi connectivity index (χ1v) is 43.0. The Balaban J connectivity index is 0.000000108. The van der Waals surface area contributed by atoms with E-state index in [9.17, 15) is 81.5 Å². The van der Waals surface area contributed by atoms with Crippen LogP contribution in [0.1, 0.15) is 66.6 Å². The number of hydrogen-bond acceptors (Lipinski definition) is 31. The van der Waals surface area contributed by atoms with Crippen molar-refractivity contribution in [1.82, 2.24) is 74.4 Å². The normalized spacial score (nSPS) is 14.9. The highest BCUT2D eigenvalue weighted by Gasteiger charge is 2.49. The molecule has 24 rings (SSSR count). The number of rotatable bonds is 13. The second-order valence-electron chi connectivity index (χ2n) is 29.0. The number of aromatic nitrogens is 15. The number of fused-ring (bicyclic) bond motifs is 12. The molecule has 141 heavy (non-hydrogen) atoms. The van der Waals surface area contributed by atoms with Crippen LogP contribution >= 0.6 is 69.0 Å². The average Bonchev–Trinajstić information content (AvgIpc) is 1.65. The molecule has 15 heterocycles. The van der Waals surface area contributed by atoms with E-state index < -0.39 is 61.4 Å². The van der Waals surface area contributed by atoms with Gasteiger partial charge in [0.05, 0.1) is 100.0 Å². The van der Waals surface area contributed by atoms with E-state index >= 15 is 0 Å². The Kier molecular flexibility index (Phi) is 23.8. The molecule has 6 amide bonds. The number of nitrogens with zero attached hydrogens (tertiary/aromatic N) is 9. The van der Waals surface area contributed by atoms with Crippen molar-refractivity contribution in [3.05, 3.63) is 221 Å². The van der Waals surface area contributed by atoms with Crippen LogP contribution < -0.4 is 93.5 Å². The van der Waals surface area contributed by atoms with E-state index in [4.69, 9.17) is 39.5 Å². The quantitative estimate of drug-likeness (QED) is 0.0477. The van der Waals surface area contributed by atoms with Crippen LogP contribution in [-0.2, 0) is 0 Å². The zero-order chi connectivity index (χ0) is 99.1. The summed E-state index contributed by atoms with van der Waals surface area (Å²) in [5, 5.41) is 23.5. The number of hydrogen-bond donors (Lipinski definition) is 12. The average molecular weight is 2070 g/mol. The van der Waals surface area contributed by atoms with Crippen molar-refractivity contribution in [1.29, 1.82) is 0 Å². The Morgan fingerprint density at radius 3 is 1.01 bits per heavy atom. The lowest BCUT2D eigenvalue weighted by molar-refractivity contribution is -0.287. The summed E-state index contributed by atoms with van der Waals surface area (Å²) in [6.45, 7) is 1.66. The van der Waals surface area contributed by atoms with Gasteiger partial charge < -0.3 is 91.5 Å². The summed E-state index contributed by atoms with van der Waals surface area (Å²) >= 11 is 21.2. The number of aryl methyl sites for hydroxylation is 1. The zero-order valence-corrected chi connectivity index (χ0v) is 74.1. The number of H-pyrrole nitrogens is 6. The highest BCUT2D eigenvalue weighted by Crippen LogP contribution is 2.50. The third kappa shape index (κ3) is 20.8. The first-order valence-electron chi connectivity index (χ1n) is 39.3. The number of halogens is 15. The lowest BCUT2D eigenvalue weighted by Gasteiger charge is -2.04. The Hall–Kier alpha value is -17.1. The van der Waals surface area contributed by atoms with Gasteiger partial charge in [-0.2, -0.15) is 0 Å². The number of carbonyl (C=O) groups excluding carboxylic acids is 6. The number of nitrogens with one attached hydrogen (secondary N) is 12. The van der Waals surface area contributed by atoms with Crippen molar-refractivity contribution in [3.63, 3.8) is 0 Å². The van der Waals surface area contributed by atoms with Gasteiger partial charge in [0, 0.05) is 99.3 Å². The number of ether oxygens (including phenoxy) is 13. The summed E-state index contributed by atoms with van der Waals surface area (Å²) in [5.74, 6) is -2.15. The van der Waals surface area contributed by atoms with Gasteiger partial charge in [0.15, 0.2) is 69.0 Å². The lowest BCUT2D eigenvalue weighted by Crippen LogP contribution is -2.25. The highest BCUT2D eigenvalue weighted by atomic mass is 35.5. The van der Waals surface area contributed by atoms with E-state index in [-0.39, 0.29) is 133 Å². The second-order valence-corrected chi connectivity index (χ2v) is 32.7. The smallest absolute Gasteiger partial charge is 0.497 e. The first kappa shape index (κ1) is 93.0. The van der Waals surface area contributed by atoms with Gasteiger partial charge in [-0.05, 0) is 90.6 Å². The molecule has 6 aliphatic rings. The number of carbonyl (C=O) groups is 6. The number of thiazole rings is 1. The van der Waals surface area contributed by atoms with E-state index in [0.717, 1.165) is 11.5 Å². The van der Waals surface area contributed by atoms with Gasteiger partial charge in [-0.15, -0.1) is 80.5 Å². The van der Waals surface area contributed by atoms with E-state index in [1.54, 1.807) is 72.3 Å². The molecule has 0 saturated carbocycles. The molecule has 0 aliphatic carbocycles. The van der Waals surface area contributed by atoms with Crippen LogP contribution in [-0.4, -0.2) is 155 Å². The summed E-state index contributed by atoms with van der Waals surface area (Å²) in [4.78, 5) is 119. The number of thiophene rings is 1. The van der Waals surface area contributed by atoms with Gasteiger partial charge >= 0.3 is 37.8 Å². The minimum atomic E-state index is -3.70. The number of methoxy groups -OCH3 is 1. The molecule has 0 saturated heterocycles. The topological polar surface area (TPSA) is 505 Å². The molecule has 0 bridgehead atoms. The van der Waals surface area contributed by atoms with Gasteiger partial charge in [-0.3, -0.25) is 60.7 Å². The molecule has 9 aromatic carbocycles. The van der Waals surface area contributed by atoms with Crippen LogP contribution in [0.4, 0.5) is 88.4 Å². The Morgan fingerprint density at radius 1 is 0.362 bits per heavy atom. The largest absolute Gasteiger partial charge is 0.586 e. The third-order valence-electron chi connectivity index (χ3n) is 19.3. The highest BCUT2D eigenvalue weighted by molar-refractivity contribution is 7.12. The van der Waals surface area contributed by atoms with Crippen LogP contribution in [0, 0.1) is 6.92 Å². The van der Waals surface area contributed by atoms with Crippen LogP contribution in [0.5, 0.6) is 74.7 Å². The number of benzene rings is 9. The molecular formula is C83H46Cl3F12N21O19S3. The van der Waals surface area contributed by atoms with Gasteiger partial charge in [0.25, 0.3) is 35.4 Å². The van der Waals surface area contributed by atoms with Crippen molar-refractivity contribution in [3.8, 4) is 74.7 Å². The molecule has 58 heteroatoms. The number of anilines is 6.